The maximum absolute atomic E-state index is 12.3. The average molecular weight is 504 g/mol. The summed E-state index contributed by atoms with van der Waals surface area (Å²) in [5.74, 6) is -0.673. The lowest BCUT2D eigenvalue weighted by Gasteiger charge is -2.18. The first-order chi connectivity index (χ1) is 13.8. The molecule has 2 amide bonds. The summed E-state index contributed by atoms with van der Waals surface area (Å²) in [4.78, 5) is 23.5. The Kier molecular flexibility index (Phi) is 7.28. The largest absolute Gasteiger partial charge is 0.454 e. The molecule has 0 spiro atoms. The SMILES string of the molecule is CN(C(=O)Nc1nc(OCC(F)(F)F)nc(OCC(F)(F)F)n1)c1ccc(Br)cc1. The predicted molar refractivity (Wildman–Crippen MR) is 94.5 cm³/mol. The number of benzene rings is 1. The van der Waals surface area contributed by atoms with Crippen molar-refractivity contribution in [1.82, 2.24) is 15.0 Å². The number of hydrogen-bond acceptors (Lipinski definition) is 6. The molecule has 0 saturated heterocycles. The molecule has 0 bridgehead atoms. The Bertz CT molecular complexity index is 842. The van der Waals surface area contributed by atoms with Crippen LogP contribution < -0.4 is 19.7 Å². The molecule has 0 unspecified atom stereocenters. The first-order valence-electron chi connectivity index (χ1n) is 7.78. The van der Waals surface area contributed by atoms with Gasteiger partial charge < -0.3 is 9.47 Å². The summed E-state index contributed by atoms with van der Waals surface area (Å²) >= 11 is 3.22. The molecule has 8 nitrogen and oxygen atoms in total. The molecular weight excluding hydrogens is 492 g/mol. The fourth-order valence-corrected chi connectivity index (χ4v) is 2.04. The molecule has 0 saturated carbocycles. The summed E-state index contributed by atoms with van der Waals surface area (Å²) in [6.07, 6.45) is -9.52. The van der Waals surface area contributed by atoms with Gasteiger partial charge in [0.1, 0.15) is 0 Å². The molecule has 0 aliphatic carbocycles. The first-order valence-corrected chi connectivity index (χ1v) is 8.57. The van der Waals surface area contributed by atoms with Gasteiger partial charge in [-0.1, -0.05) is 15.9 Å². The van der Waals surface area contributed by atoms with E-state index in [0.29, 0.717) is 5.69 Å². The highest BCUT2D eigenvalue weighted by atomic mass is 79.9. The van der Waals surface area contributed by atoms with E-state index >= 15 is 0 Å². The molecular formula is C15H12BrF6N5O3. The van der Waals surface area contributed by atoms with E-state index in [9.17, 15) is 31.1 Å². The second-order valence-electron chi connectivity index (χ2n) is 5.50. The monoisotopic (exact) mass is 503 g/mol. The van der Waals surface area contributed by atoms with Crippen molar-refractivity contribution in [2.45, 2.75) is 12.4 Å². The number of ether oxygens (including phenoxy) is 2. The minimum absolute atomic E-state index is 0.423. The third-order valence-corrected chi connectivity index (χ3v) is 3.59. The van der Waals surface area contributed by atoms with E-state index < -0.39 is 49.6 Å². The summed E-state index contributed by atoms with van der Waals surface area (Å²) in [6, 6.07) is 3.64. The van der Waals surface area contributed by atoms with Crippen LogP contribution in [0.3, 0.4) is 0 Å². The molecule has 0 aliphatic rings. The number of hydrogen-bond donors (Lipinski definition) is 1. The van der Waals surface area contributed by atoms with Crippen molar-refractivity contribution in [1.29, 1.82) is 0 Å². The van der Waals surface area contributed by atoms with Crippen molar-refractivity contribution in [3.05, 3.63) is 28.7 Å². The first kappa shape index (κ1) is 23.4. The standard InChI is InChI=1S/C15H12BrF6N5O3/c1-27(9-4-2-8(16)3-5-9)13(28)25-10-23-11(29-6-14(17,18)19)26-12(24-10)30-7-15(20,21)22/h2-5H,6-7H2,1H3,(H,23,24,25,26,28). The van der Waals surface area contributed by atoms with Crippen LogP contribution in [0.4, 0.5) is 42.8 Å². The van der Waals surface area contributed by atoms with Gasteiger partial charge in [-0.3, -0.25) is 10.2 Å². The van der Waals surface area contributed by atoms with Crippen LogP contribution in [-0.4, -0.2) is 53.6 Å². The smallest absolute Gasteiger partial charge is 0.422 e. The molecule has 1 aromatic carbocycles. The molecule has 0 aliphatic heterocycles. The van der Waals surface area contributed by atoms with E-state index in [1.807, 2.05) is 0 Å². The molecule has 164 valence electrons. The molecule has 1 aromatic heterocycles. The minimum atomic E-state index is -4.76. The number of anilines is 2. The third kappa shape index (κ3) is 7.88. The van der Waals surface area contributed by atoms with Crippen LogP contribution in [0.1, 0.15) is 0 Å². The molecule has 1 N–H and O–H groups in total. The molecule has 0 radical (unpaired) electrons. The Morgan fingerprint density at radius 2 is 1.43 bits per heavy atom. The van der Waals surface area contributed by atoms with Gasteiger partial charge >= 0.3 is 30.4 Å². The van der Waals surface area contributed by atoms with Crippen LogP contribution >= 0.6 is 15.9 Å². The number of amides is 2. The Balaban J connectivity index is 2.20. The van der Waals surface area contributed by atoms with E-state index in [-0.39, 0.29) is 0 Å². The normalized spacial score (nSPS) is 11.7. The summed E-state index contributed by atoms with van der Waals surface area (Å²) in [5, 5.41) is 2.12. The number of urea groups is 1. The van der Waals surface area contributed by atoms with Gasteiger partial charge in [0.2, 0.25) is 5.95 Å². The Hall–Kier alpha value is -2.84. The van der Waals surface area contributed by atoms with Gasteiger partial charge in [-0.25, -0.2) is 4.79 Å². The molecule has 2 rings (SSSR count). The number of alkyl halides is 6. The van der Waals surface area contributed by atoms with Crippen LogP contribution in [0.2, 0.25) is 0 Å². The number of carbonyl (C=O) groups is 1. The van der Waals surface area contributed by atoms with Gasteiger partial charge in [-0.15, -0.1) is 4.98 Å². The van der Waals surface area contributed by atoms with Crippen LogP contribution in [0.15, 0.2) is 28.7 Å². The van der Waals surface area contributed by atoms with Gasteiger partial charge in [0.15, 0.2) is 13.2 Å². The van der Waals surface area contributed by atoms with Crippen LogP contribution in [0.25, 0.3) is 0 Å². The van der Waals surface area contributed by atoms with Crippen LogP contribution in [0.5, 0.6) is 12.0 Å². The van der Waals surface area contributed by atoms with Crippen molar-refractivity contribution in [3.63, 3.8) is 0 Å². The number of nitrogens with one attached hydrogen (secondary N) is 1. The highest BCUT2D eigenvalue weighted by Gasteiger charge is 2.31. The topological polar surface area (TPSA) is 89.5 Å². The van der Waals surface area contributed by atoms with Crippen LogP contribution in [-0.2, 0) is 0 Å². The minimum Gasteiger partial charge on any atom is -0.454 e. The number of aromatic nitrogens is 3. The van der Waals surface area contributed by atoms with Crippen molar-refractivity contribution in [2.24, 2.45) is 0 Å². The maximum Gasteiger partial charge on any atom is 0.422 e. The Morgan fingerprint density at radius 3 is 1.87 bits per heavy atom. The average Bonchev–Trinajstić information content (AvgIpc) is 2.63. The zero-order chi connectivity index (χ0) is 22.5. The van der Waals surface area contributed by atoms with E-state index in [0.717, 1.165) is 9.37 Å². The second-order valence-corrected chi connectivity index (χ2v) is 6.41. The zero-order valence-electron chi connectivity index (χ0n) is 14.9. The van der Waals surface area contributed by atoms with Crippen molar-refractivity contribution in [3.8, 4) is 12.0 Å². The van der Waals surface area contributed by atoms with Crippen molar-refractivity contribution < 1.29 is 40.6 Å². The number of rotatable bonds is 6. The molecule has 0 fully saturated rings. The predicted octanol–water partition coefficient (Wildman–Crippen LogP) is 4.18. The van der Waals surface area contributed by atoms with E-state index in [2.05, 4.69) is 45.7 Å². The highest BCUT2D eigenvalue weighted by Crippen LogP contribution is 2.22. The third-order valence-electron chi connectivity index (χ3n) is 3.06. The Morgan fingerprint density at radius 1 is 0.967 bits per heavy atom. The van der Waals surface area contributed by atoms with Gasteiger partial charge in [-0.05, 0) is 24.3 Å². The summed E-state index contributed by atoms with van der Waals surface area (Å²) < 4.78 is 83.3. The maximum atomic E-state index is 12.3. The highest BCUT2D eigenvalue weighted by molar-refractivity contribution is 9.10. The van der Waals surface area contributed by atoms with Gasteiger partial charge in [-0.2, -0.15) is 36.3 Å². The zero-order valence-corrected chi connectivity index (χ0v) is 16.5. The molecule has 0 atom stereocenters. The molecule has 15 heteroatoms. The molecule has 2 aromatic rings. The summed E-state index contributed by atoms with van der Waals surface area (Å²) in [5.41, 5.74) is 0.423. The number of halogens is 7. The number of nitrogens with zero attached hydrogens (tertiary/aromatic N) is 4. The van der Waals surface area contributed by atoms with Crippen molar-refractivity contribution in [2.75, 3.05) is 30.5 Å². The van der Waals surface area contributed by atoms with Gasteiger partial charge in [0.05, 0.1) is 0 Å². The van der Waals surface area contributed by atoms with Crippen molar-refractivity contribution >= 4 is 33.6 Å². The second kappa shape index (κ2) is 9.32. The lowest BCUT2D eigenvalue weighted by Crippen LogP contribution is -2.32. The lowest BCUT2D eigenvalue weighted by atomic mass is 10.3. The lowest BCUT2D eigenvalue weighted by molar-refractivity contribution is -0.156. The fraction of sp³-hybridized carbons (Fsp3) is 0.333. The summed E-state index contributed by atoms with van der Waals surface area (Å²) in [6.45, 7) is -3.64. The number of carbonyl (C=O) groups excluding carboxylic acids is 1. The Labute approximate surface area is 173 Å². The van der Waals surface area contributed by atoms with E-state index in [1.165, 1.54) is 7.05 Å². The summed E-state index contributed by atoms with van der Waals surface area (Å²) in [7, 11) is 1.36. The van der Waals surface area contributed by atoms with E-state index in [1.54, 1.807) is 24.3 Å². The quantitative estimate of drug-likeness (QED) is 0.594. The molecule has 1 heterocycles. The molecule has 30 heavy (non-hydrogen) atoms. The van der Waals surface area contributed by atoms with Gasteiger partial charge in [0.25, 0.3) is 0 Å². The fourth-order valence-electron chi connectivity index (χ4n) is 1.78. The van der Waals surface area contributed by atoms with Gasteiger partial charge in [0, 0.05) is 17.2 Å². The van der Waals surface area contributed by atoms with Crippen LogP contribution in [0, 0.1) is 0 Å². The van der Waals surface area contributed by atoms with E-state index in [4.69, 9.17) is 0 Å².